The van der Waals surface area contributed by atoms with Crippen LogP contribution in [0.1, 0.15) is 5.56 Å². The zero-order valence-electron chi connectivity index (χ0n) is 8.64. The van der Waals surface area contributed by atoms with Gasteiger partial charge in [0.15, 0.2) is 0 Å². The van der Waals surface area contributed by atoms with Gasteiger partial charge in [-0.15, -0.1) is 0 Å². The fourth-order valence-corrected chi connectivity index (χ4v) is 0.952. The molecule has 0 spiro atoms. The van der Waals surface area contributed by atoms with Gasteiger partial charge in [-0.3, -0.25) is 0 Å². The van der Waals surface area contributed by atoms with Crippen molar-refractivity contribution in [2.75, 3.05) is 14.2 Å². The van der Waals surface area contributed by atoms with Crippen molar-refractivity contribution in [1.82, 2.24) is 0 Å². The fourth-order valence-electron chi connectivity index (χ4n) is 0.952. The van der Waals surface area contributed by atoms with E-state index in [0.717, 1.165) is 19.2 Å². The first-order chi connectivity index (χ1) is 7.58. The Morgan fingerprint density at radius 3 is 2.25 bits per heavy atom. The molecule has 16 heavy (non-hydrogen) atoms. The molecule has 0 aliphatic carbocycles. The molecule has 0 radical (unpaired) electrons. The number of methoxy groups -OCH3 is 2. The van der Waals surface area contributed by atoms with Crippen molar-refractivity contribution < 1.29 is 23.0 Å². The van der Waals surface area contributed by atoms with Crippen LogP contribution in [-0.2, 0) is 9.53 Å². The third-order valence-electron chi connectivity index (χ3n) is 1.73. The Labute approximate surface area is 91.0 Å². The molecule has 0 N–H and O–H groups in total. The second-order valence-corrected chi connectivity index (χ2v) is 2.71. The van der Waals surface area contributed by atoms with Gasteiger partial charge < -0.3 is 9.47 Å². The van der Waals surface area contributed by atoms with Gasteiger partial charge in [0, 0.05) is 18.1 Å². The Bertz CT molecular complexity index is 449. The molecule has 0 amide bonds. The first-order valence-corrected chi connectivity index (χ1v) is 4.21. The molecule has 0 atom stereocenters. The van der Waals surface area contributed by atoms with E-state index in [1.54, 1.807) is 0 Å². The Balaban J connectivity index is 3.13. The average molecular weight is 226 g/mol. The van der Waals surface area contributed by atoms with E-state index in [0.29, 0.717) is 0 Å². The number of ether oxygens (including phenoxy) is 2. The molecule has 0 heterocycles. The van der Waals surface area contributed by atoms with E-state index in [1.807, 2.05) is 5.92 Å². The van der Waals surface area contributed by atoms with Crippen molar-refractivity contribution in [2.45, 2.75) is 0 Å². The summed E-state index contributed by atoms with van der Waals surface area (Å²) in [6.07, 6.45) is 0. The molecule has 0 bridgehead atoms. The molecule has 5 heteroatoms. The van der Waals surface area contributed by atoms with Gasteiger partial charge in [-0.1, -0.05) is 0 Å². The number of hydrogen-bond donors (Lipinski definition) is 0. The molecule has 1 rings (SSSR count). The van der Waals surface area contributed by atoms with Crippen LogP contribution in [0.5, 0.6) is 5.75 Å². The Kier molecular flexibility index (Phi) is 3.84. The highest BCUT2D eigenvalue weighted by Gasteiger charge is 2.09. The van der Waals surface area contributed by atoms with Crippen LogP contribution in [0.25, 0.3) is 0 Å². The zero-order chi connectivity index (χ0) is 12.1. The number of benzene rings is 1. The first kappa shape index (κ1) is 12.0. The summed E-state index contributed by atoms with van der Waals surface area (Å²) in [6.45, 7) is 0. The van der Waals surface area contributed by atoms with Gasteiger partial charge in [0.25, 0.3) is 0 Å². The van der Waals surface area contributed by atoms with Gasteiger partial charge in [-0.25, -0.2) is 13.6 Å². The summed E-state index contributed by atoms with van der Waals surface area (Å²) < 4.78 is 35.4. The summed E-state index contributed by atoms with van der Waals surface area (Å²) in [5.41, 5.74) is -0.494. The number of esters is 1. The highest BCUT2D eigenvalue weighted by molar-refractivity contribution is 5.89. The Morgan fingerprint density at radius 1 is 1.25 bits per heavy atom. The van der Waals surface area contributed by atoms with Crippen molar-refractivity contribution in [3.63, 3.8) is 0 Å². The van der Waals surface area contributed by atoms with Gasteiger partial charge in [0.2, 0.25) is 0 Å². The number of carbonyl (C=O) groups excluding carboxylic acids is 1. The topological polar surface area (TPSA) is 35.5 Å². The van der Waals surface area contributed by atoms with E-state index in [1.165, 1.54) is 7.11 Å². The number of hydrogen-bond acceptors (Lipinski definition) is 3. The van der Waals surface area contributed by atoms with Gasteiger partial charge in [-0.2, -0.15) is 0 Å². The van der Waals surface area contributed by atoms with Crippen LogP contribution in [-0.4, -0.2) is 20.2 Å². The largest absolute Gasteiger partial charge is 0.497 e. The van der Waals surface area contributed by atoms with Gasteiger partial charge in [0.05, 0.1) is 19.8 Å². The summed E-state index contributed by atoms with van der Waals surface area (Å²) in [5.74, 6) is 1.37. The molecule has 1 aromatic rings. The molecular formula is C11H8F2O3. The second kappa shape index (κ2) is 5.12. The van der Waals surface area contributed by atoms with Crippen molar-refractivity contribution in [2.24, 2.45) is 0 Å². The Hall–Kier alpha value is -2.09. The van der Waals surface area contributed by atoms with Crippen molar-refractivity contribution >= 4 is 5.97 Å². The lowest BCUT2D eigenvalue weighted by Crippen LogP contribution is -1.97. The lowest BCUT2D eigenvalue weighted by atomic mass is 10.2. The van der Waals surface area contributed by atoms with Crippen molar-refractivity contribution in [1.29, 1.82) is 0 Å². The SMILES string of the molecule is COC(=O)C#Cc1c(F)cc(OC)cc1F. The van der Waals surface area contributed by atoms with E-state index in [4.69, 9.17) is 0 Å². The summed E-state index contributed by atoms with van der Waals surface area (Å²) >= 11 is 0. The van der Waals surface area contributed by atoms with Crippen LogP contribution in [0.15, 0.2) is 12.1 Å². The summed E-state index contributed by atoms with van der Waals surface area (Å²) in [5, 5.41) is 0. The van der Waals surface area contributed by atoms with Crippen LogP contribution in [0.2, 0.25) is 0 Å². The summed E-state index contributed by atoms with van der Waals surface area (Å²) in [6, 6.07) is 1.95. The quantitative estimate of drug-likeness (QED) is 0.537. The van der Waals surface area contributed by atoms with Crippen LogP contribution >= 0.6 is 0 Å². The fraction of sp³-hybridized carbons (Fsp3) is 0.182. The lowest BCUT2D eigenvalue weighted by Gasteiger charge is -2.02. The maximum atomic E-state index is 13.3. The zero-order valence-corrected chi connectivity index (χ0v) is 8.64. The molecule has 0 aromatic heterocycles. The molecule has 0 saturated carbocycles. The van der Waals surface area contributed by atoms with E-state index in [9.17, 15) is 13.6 Å². The standard InChI is InChI=1S/C11H8F2O3/c1-15-7-5-9(12)8(10(13)6-7)3-4-11(14)16-2/h5-6H,1-2H3. The molecule has 0 aliphatic rings. The molecule has 3 nitrogen and oxygen atoms in total. The van der Waals surface area contributed by atoms with Crippen LogP contribution < -0.4 is 4.74 Å². The number of carbonyl (C=O) groups is 1. The van der Waals surface area contributed by atoms with E-state index < -0.39 is 23.2 Å². The molecule has 1 aromatic carbocycles. The second-order valence-electron chi connectivity index (χ2n) is 2.71. The maximum absolute atomic E-state index is 13.3. The molecule has 0 unspecified atom stereocenters. The highest BCUT2D eigenvalue weighted by Crippen LogP contribution is 2.19. The molecule has 84 valence electrons. The third kappa shape index (κ3) is 2.70. The maximum Gasteiger partial charge on any atom is 0.384 e. The van der Waals surface area contributed by atoms with Gasteiger partial charge in [-0.05, 0) is 5.92 Å². The molecule has 0 fully saturated rings. The van der Waals surface area contributed by atoms with E-state index >= 15 is 0 Å². The van der Waals surface area contributed by atoms with E-state index in [2.05, 4.69) is 15.4 Å². The van der Waals surface area contributed by atoms with Gasteiger partial charge >= 0.3 is 5.97 Å². The third-order valence-corrected chi connectivity index (χ3v) is 1.73. The van der Waals surface area contributed by atoms with Crippen molar-refractivity contribution in [3.05, 3.63) is 29.3 Å². The highest BCUT2D eigenvalue weighted by atomic mass is 19.1. The summed E-state index contributed by atoms with van der Waals surface area (Å²) in [4.78, 5) is 10.7. The van der Waals surface area contributed by atoms with Crippen molar-refractivity contribution in [3.8, 4) is 17.6 Å². The Morgan fingerprint density at radius 2 is 1.81 bits per heavy atom. The minimum atomic E-state index is -0.895. The first-order valence-electron chi connectivity index (χ1n) is 4.21. The number of rotatable bonds is 1. The predicted octanol–water partition coefficient (Wildman–Crippen LogP) is 1.50. The minimum absolute atomic E-state index is 0.0404. The van der Waals surface area contributed by atoms with E-state index in [-0.39, 0.29) is 5.75 Å². The monoisotopic (exact) mass is 226 g/mol. The molecular weight excluding hydrogens is 218 g/mol. The smallest absolute Gasteiger partial charge is 0.384 e. The van der Waals surface area contributed by atoms with Crippen LogP contribution in [0.3, 0.4) is 0 Å². The minimum Gasteiger partial charge on any atom is -0.497 e. The van der Waals surface area contributed by atoms with Crippen LogP contribution in [0, 0.1) is 23.5 Å². The summed E-state index contributed by atoms with van der Waals surface area (Å²) in [7, 11) is 2.41. The predicted molar refractivity (Wildman–Crippen MR) is 51.8 cm³/mol. The van der Waals surface area contributed by atoms with Crippen LogP contribution in [0.4, 0.5) is 8.78 Å². The van der Waals surface area contributed by atoms with Gasteiger partial charge in [0.1, 0.15) is 17.4 Å². The molecule has 0 aliphatic heterocycles. The lowest BCUT2D eigenvalue weighted by molar-refractivity contribution is -0.133. The molecule has 0 saturated heterocycles. The normalized spacial score (nSPS) is 9.00. The average Bonchev–Trinajstić information content (AvgIpc) is 2.27. The number of halogens is 2.